The van der Waals surface area contributed by atoms with Crippen LogP contribution < -0.4 is 28.0 Å². The van der Waals surface area contributed by atoms with Gasteiger partial charge in [-0.1, -0.05) is 0 Å². The topological polar surface area (TPSA) is 465 Å². The second-order valence-electron chi connectivity index (χ2n) is 11.9. The number of methoxy groups -OCH3 is 1. The van der Waals surface area contributed by atoms with Crippen molar-refractivity contribution < 1.29 is 86.4 Å². The monoisotopic (exact) mass is 992 g/mol. The summed E-state index contributed by atoms with van der Waals surface area (Å²) in [5.74, 6) is 6.65. The number of aryl methyl sites for hydroxylation is 1. The molecular weight excluding hydrogens is 961 g/mol. The van der Waals surface area contributed by atoms with Gasteiger partial charge in [0.15, 0.2) is 19.7 Å². The van der Waals surface area contributed by atoms with E-state index in [4.69, 9.17) is 37.1 Å². The molecule has 0 fully saturated rings. The number of nitrogens with zero attached hydrogens (tertiary/aromatic N) is 4. The van der Waals surface area contributed by atoms with Gasteiger partial charge in [-0.15, -0.1) is 15.3 Å². The van der Waals surface area contributed by atoms with E-state index in [2.05, 4.69) is 37.4 Å². The van der Waals surface area contributed by atoms with Gasteiger partial charge in [0.25, 0.3) is 0 Å². The Morgan fingerprint density at radius 1 is 0.645 bits per heavy atom. The standard InChI is InChI=1S/C28H32N8O20S6/c1-14-11-18(19(52-2)13-20(14)58(40,41)10-8-54-62(49,50)51)34-36-26-22-17(23(29)28(24(30)27(22)37)60(44,45)56-32)12-21(59(42,43)55-31)25(26)35-33-15-3-5-16(6-4-15)57(38,39)9-7-53-61(46,47)48/h3-6,11-13,37H,7-10,29-32H2,1-2H3,(H,46,47,48)(H,49,50,51). The highest BCUT2D eigenvalue weighted by Crippen LogP contribution is 2.52. The van der Waals surface area contributed by atoms with Gasteiger partial charge in [0.1, 0.15) is 38.4 Å². The number of hydrogen-bond acceptors (Lipinski definition) is 26. The average Bonchev–Trinajstić information content (AvgIpc) is 3.16. The largest absolute Gasteiger partial charge is 0.505 e. The number of fused-ring (bicyclic) bond motifs is 1. The predicted molar refractivity (Wildman–Crippen MR) is 211 cm³/mol. The molecule has 4 rings (SSSR count). The zero-order valence-electron chi connectivity index (χ0n) is 31.2. The molecule has 0 aliphatic heterocycles. The molecule has 62 heavy (non-hydrogen) atoms. The minimum Gasteiger partial charge on any atom is -0.505 e. The molecule has 4 aromatic carbocycles. The van der Waals surface area contributed by atoms with Crippen LogP contribution in [-0.2, 0) is 77.6 Å². The quantitative estimate of drug-likeness (QED) is 0.0173. The molecule has 0 atom stereocenters. The van der Waals surface area contributed by atoms with Crippen LogP contribution >= 0.6 is 0 Å². The van der Waals surface area contributed by atoms with Crippen LogP contribution in [0.1, 0.15) is 5.56 Å². The van der Waals surface area contributed by atoms with Crippen molar-refractivity contribution in [1.29, 1.82) is 0 Å². The van der Waals surface area contributed by atoms with Crippen molar-refractivity contribution in [3.8, 4) is 11.5 Å². The van der Waals surface area contributed by atoms with Crippen LogP contribution in [0.3, 0.4) is 0 Å². The van der Waals surface area contributed by atoms with Crippen molar-refractivity contribution in [1.82, 2.24) is 0 Å². The third-order valence-electron chi connectivity index (χ3n) is 7.98. The first-order chi connectivity index (χ1) is 28.5. The predicted octanol–water partition coefficient (Wildman–Crippen LogP) is 1.20. The first-order valence-electron chi connectivity index (χ1n) is 16.0. The number of ether oxygens (including phenoxy) is 1. The number of anilines is 2. The summed E-state index contributed by atoms with van der Waals surface area (Å²) < 4.78 is 186. The van der Waals surface area contributed by atoms with Crippen LogP contribution in [-0.4, -0.2) is 96.5 Å². The van der Waals surface area contributed by atoms with E-state index >= 15 is 0 Å². The summed E-state index contributed by atoms with van der Waals surface area (Å²) in [4.78, 5) is -3.03. The van der Waals surface area contributed by atoms with Crippen molar-refractivity contribution in [3.63, 3.8) is 0 Å². The molecule has 4 aromatic rings. The Morgan fingerprint density at radius 2 is 1.18 bits per heavy atom. The second kappa shape index (κ2) is 18.3. The smallest absolute Gasteiger partial charge is 0.397 e. The molecule has 28 nitrogen and oxygen atoms in total. The van der Waals surface area contributed by atoms with E-state index in [1.807, 2.05) is 0 Å². The number of phenols is 1. The highest BCUT2D eigenvalue weighted by atomic mass is 32.3. The van der Waals surface area contributed by atoms with Gasteiger partial charge >= 0.3 is 41.0 Å². The lowest BCUT2D eigenvalue weighted by atomic mass is 10.0. The molecule has 0 unspecified atom stereocenters. The minimum atomic E-state index is -5.19. The number of hydrogen-bond donors (Lipinski definition) is 7. The molecule has 0 aromatic heterocycles. The van der Waals surface area contributed by atoms with Gasteiger partial charge in [-0.3, -0.25) is 9.11 Å². The number of rotatable bonds is 19. The van der Waals surface area contributed by atoms with Gasteiger partial charge in [-0.2, -0.15) is 59.1 Å². The maximum absolute atomic E-state index is 13.3. The number of benzene rings is 4. The fraction of sp³-hybridized carbons (Fsp3) is 0.214. The molecule has 0 amide bonds. The lowest BCUT2D eigenvalue weighted by molar-refractivity contribution is 0.282. The lowest BCUT2D eigenvalue weighted by Gasteiger charge is -2.17. The van der Waals surface area contributed by atoms with Crippen molar-refractivity contribution in [2.24, 2.45) is 32.3 Å². The molecule has 0 heterocycles. The van der Waals surface area contributed by atoms with Crippen LogP contribution in [0.4, 0.5) is 34.1 Å². The number of azo groups is 2. The van der Waals surface area contributed by atoms with Crippen molar-refractivity contribution in [2.45, 2.75) is 26.5 Å². The van der Waals surface area contributed by atoms with Gasteiger partial charge in [0.2, 0.25) is 0 Å². The third-order valence-corrected chi connectivity index (χ3v) is 14.7. The number of nitrogen functional groups attached to an aromatic ring is 2. The molecule has 0 saturated carbocycles. The van der Waals surface area contributed by atoms with Crippen LogP contribution in [0.15, 0.2) is 82.5 Å². The molecule has 0 aliphatic carbocycles. The normalized spacial score (nSPS) is 13.4. The molecule has 0 bridgehead atoms. The Kier molecular flexibility index (Phi) is 14.7. The van der Waals surface area contributed by atoms with Gasteiger partial charge in [0.05, 0.1) is 64.1 Å². The highest BCUT2D eigenvalue weighted by Gasteiger charge is 2.33. The molecule has 11 N–H and O–H groups in total. The van der Waals surface area contributed by atoms with Gasteiger partial charge in [0, 0.05) is 11.5 Å². The first kappa shape index (κ1) is 49.6. The van der Waals surface area contributed by atoms with Crippen LogP contribution in [0, 0.1) is 6.92 Å². The SMILES string of the molecule is COc1cc(S(=O)(=O)CCOS(=O)(=O)O)c(C)cc1N=Nc1c(N=Nc2ccc(S(=O)(=O)CCOS(=O)(=O)O)cc2)c(S(=O)(=O)ON)cc2c(N)c(S(=O)(=O)ON)c(N)c(O)c12. The zero-order valence-corrected chi connectivity index (χ0v) is 36.1. The van der Waals surface area contributed by atoms with Crippen molar-refractivity contribution >= 4 is 106 Å². The molecule has 0 spiro atoms. The number of aromatic hydroxyl groups is 1. The van der Waals surface area contributed by atoms with Crippen LogP contribution in [0.5, 0.6) is 11.5 Å². The maximum Gasteiger partial charge on any atom is 0.397 e. The van der Waals surface area contributed by atoms with Crippen LogP contribution in [0.25, 0.3) is 10.8 Å². The molecule has 34 heteroatoms. The summed E-state index contributed by atoms with van der Waals surface area (Å²) in [5.41, 5.74) is 7.93. The van der Waals surface area contributed by atoms with E-state index in [1.54, 1.807) is 0 Å². The number of phenolic OH excluding ortho intramolecular Hbond substituents is 1. The van der Waals surface area contributed by atoms with Gasteiger partial charge in [-0.25, -0.2) is 25.2 Å². The molecule has 0 saturated heterocycles. The molecule has 340 valence electrons. The fourth-order valence-electron chi connectivity index (χ4n) is 5.24. The second-order valence-corrected chi connectivity index (χ2v) is 21.3. The van der Waals surface area contributed by atoms with E-state index in [9.17, 15) is 55.6 Å². The number of nitrogens with two attached hydrogens (primary N) is 4. The van der Waals surface area contributed by atoms with E-state index < -0.39 is 144 Å². The lowest BCUT2D eigenvalue weighted by Crippen LogP contribution is -2.16. The fourth-order valence-corrected chi connectivity index (χ4v) is 10.1. The Labute approximate surface area is 352 Å². The highest BCUT2D eigenvalue weighted by molar-refractivity contribution is 7.92. The zero-order chi connectivity index (χ0) is 46.8. The summed E-state index contributed by atoms with van der Waals surface area (Å²) in [6, 6.07) is 6.70. The molecular formula is C28H32N8O20S6. The summed E-state index contributed by atoms with van der Waals surface area (Å²) in [6.45, 7) is -0.649. The Balaban J connectivity index is 2.03. The van der Waals surface area contributed by atoms with E-state index in [0.717, 1.165) is 43.5 Å². The minimum absolute atomic E-state index is 0.0615. The van der Waals surface area contributed by atoms with Crippen LogP contribution in [0.2, 0.25) is 0 Å². The maximum atomic E-state index is 13.3. The van der Waals surface area contributed by atoms with Crippen molar-refractivity contribution in [2.75, 3.05) is 43.3 Å². The van der Waals surface area contributed by atoms with E-state index in [1.165, 1.54) is 6.92 Å². The molecule has 0 aliphatic rings. The Morgan fingerprint density at radius 3 is 1.69 bits per heavy atom. The third kappa shape index (κ3) is 11.3. The summed E-state index contributed by atoms with van der Waals surface area (Å²) >= 11 is 0. The number of sulfone groups is 2. The Bertz CT molecular complexity index is 3180. The Hall–Kier alpha value is -5.08. The van der Waals surface area contributed by atoms with Gasteiger partial charge < -0.3 is 21.3 Å². The first-order valence-corrected chi connectivity index (χ1v) is 24.8. The molecule has 0 radical (unpaired) electrons. The summed E-state index contributed by atoms with van der Waals surface area (Å²) in [7, 11) is -27.7. The average molecular weight is 993 g/mol. The van der Waals surface area contributed by atoms with E-state index in [-0.39, 0.29) is 22.7 Å². The van der Waals surface area contributed by atoms with E-state index in [0.29, 0.717) is 6.07 Å². The summed E-state index contributed by atoms with van der Waals surface area (Å²) in [6.07, 6.45) is 0. The summed E-state index contributed by atoms with van der Waals surface area (Å²) in [5, 5.41) is 25.9. The van der Waals surface area contributed by atoms with Gasteiger partial charge in [-0.05, 0) is 48.9 Å². The van der Waals surface area contributed by atoms with Crippen molar-refractivity contribution in [3.05, 3.63) is 48.0 Å².